The van der Waals surface area contributed by atoms with Crippen molar-refractivity contribution in [2.75, 3.05) is 5.73 Å². The monoisotopic (exact) mass is 250 g/mol. The first-order valence-electron chi connectivity index (χ1n) is 4.75. The van der Waals surface area contributed by atoms with E-state index in [1.54, 1.807) is 0 Å². The van der Waals surface area contributed by atoms with Crippen molar-refractivity contribution < 1.29 is 14.1 Å². The van der Waals surface area contributed by atoms with Gasteiger partial charge in [-0.25, -0.2) is 14.4 Å². The first kappa shape index (κ1) is 11.7. The summed E-state index contributed by atoms with van der Waals surface area (Å²) >= 11 is 0. The molecule has 0 saturated heterocycles. The number of nitro benzene ring substituents is 1. The maximum absolute atomic E-state index is 13.0. The summed E-state index contributed by atoms with van der Waals surface area (Å²) in [5, 5.41) is 10.7. The summed E-state index contributed by atoms with van der Waals surface area (Å²) in [4.78, 5) is 17.4. The zero-order valence-corrected chi connectivity index (χ0v) is 8.91. The van der Waals surface area contributed by atoms with E-state index in [0.717, 1.165) is 24.5 Å². The molecule has 2 rings (SSSR count). The Morgan fingerprint density at radius 1 is 1.33 bits per heavy atom. The van der Waals surface area contributed by atoms with Crippen LogP contribution in [0.1, 0.15) is 0 Å². The fourth-order valence-corrected chi connectivity index (χ4v) is 1.24. The quantitative estimate of drug-likeness (QED) is 0.658. The van der Waals surface area contributed by atoms with Crippen molar-refractivity contribution in [2.24, 2.45) is 0 Å². The highest BCUT2D eigenvalue weighted by atomic mass is 19.1. The van der Waals surface area contributed by atoms with Gasteiger partial charge in [0.15, 0.2) is 0 Å². The zero-order valence-electron chi connectivity index (χ0n) is 8.91. The predicted octanol–water partition coefficient (Wildman–Crippen LogP) is 1.90. The molecule has 2 N–H and O–H groups in total. The highest BCUT2D eigenvalue weighted by molar-refractivity contribution is 5.48. The van der Waals surface area contributed by atoms with Crippen LogP contribution >= 0.6 is 0 Å². The standard InChI is InChI=1S/C10H7FN4O3/c11-6-1-2-7(15(16)17)8(3-6)18-10-4-9(12)13-5-14-10/h1-5H,(H2,12,13,14). The summed E-state index contributed by atoms with van der Waals surface area (Å²) in [6, 6.07) is 4.15. The van der Waals surface area contributed by atoms with Gasteiger partial charge in [-0.2, -0.15) is 0 Å². The number of anilines is 1. The lowest BCUT2D eigenvalue weighted by molar-refractivity contribution is -0.385. The van der Waals surface area contributed by atoms with Gasteiger partial charge < -0.3 is 10.5 Å². The van der Waals surface area contributed by atoms with Crippen molar-refractivity contribution >= 4 is 11.5 Å². The molecule has 1 aromatic heterocycles. The molecule has 0 radical (unpaired) electrons. The SMILES string of the molecule is Nc1cc(Oc2cc(F)ccc2[N+](=O)[O-])ncn1. The minimum atomic E-state index is -0.681. The predicted molar refractivity (Wildman–Crippen MR) is 59.6 cm³/mol. The topological polar surface area (TPSA) is 104 Å². The normalized spacial score (nSPS) is 10.1. The van der Waals surface area contributed by atoms with Gasteiger partial charge in [-0.05, 0) is 6.07 Å². The second kappa shape index (κ2) is 4.62. The van der Waals surface area contributed by atoms with Crippen molar-refractivity contribution in [2.45, 2.75) is 0 Å². The number of hydrogen-bond acceptors (Lipinski definition) is 6. The molecule has 0 bridgehead atoms. The molecule has 8 heteroatoms. The molecule has 0 atom stereocenters. The largest absolute Gasteiger partial charge is 0.431 e. The lowest BCUT2D eigenvalue weighted by Gasteiger charge is -2.05. The van der Waals surface area contributed by atoms with E-state index in [2.05, 4.69) is 9.97 Å². The molecule has 18 heavy (non-hydrogen) atoms. The van der Waals surface area contributed by atoms with Gasteiger partial charge in [0.25, 0.3) is 0 Å². The van der Waals surface area contributed by atoms with Gasteiger partial charge in [-0.3, -0.25) is 10.1 Å². The van der Waals surface area contributed by atoms with Gasteiger partial charge >= 0.3 is 5.69 Å². The average Bonchev–Trinajstić information content (AvgIpc) is 2.28. The van der Waals surface area contributed by atoms with Crippen LogP contribution in [0.4, 0.5) is 15.9 Å². The van der Waals surface area contributed by atoms with Crippen LogP contribution < -0.4 is 10.5 Å². The first-order valence-corrected chi connectivity index (χ1v) is 4.75. The lowest BCUT2D eigenvalue weighted by atomic mass is 10.3. The Bertz CT molecular complexity index is 605. The number of ether oxygens (including phenoxy) is 1. The molecule has 0 aliphatic carbocycles. The molecule has 0 unspecified atom stereocenters. The third-order valence-corrected chi connectivity index (χ3v) is 2.00. The fourth-order valence-electron chi connectivity index (χ4n) is 1.24. The van der Waals surface area contributed by atoms with E-state index in [1.807, 2.05) is 0 Å². The summed E-state index contributed by atoms with van der Waals surface area (Å²) < 4.78 is 18.2. The molecule has 0 aliphatic heterocycles. The van der Waals surface area contributed by atoms with Crippen LogP contribution in [0, 0.1) is 15.9 Å². The van der Waals surface area contributed by atoms with Gasteiger partial charge in [0.05, 0.1) is 4.92 Å². The Kier molecular flexibility index (Phi) is 3.00. The van der Waals surface area contributed by atoms with Crippen molar-refractivity contribution in [1.29, 1.82) is 0 Å². The Labute approximate surface area is 100 Å². The third kappa shape index (κ3) is 2.48. The maximum atomic E-state index is 13.0. The number of nitrogen functional groups attached to an aromatic ring is 1. The molecule has 0 spiro atoms. The molecule has 0 amide bonds. The Morgan fingerprint density at radius 3 is 2.78 bits per heavy atom. The van der Waals surface area contributed by atoms with Gasteiger partial charge in [-0.15, -0.1) is 0 Å². The third-order valence-electron chi connectivity index (χ3n) is 2.00. The maximum Gasteiger partial charge on any atom is 0.311 e. The highest BCUT2D eigenvalue weighted by Crippen LogP contribution is 2.31. The van der Waals surface area contributed by atoms with Gasteiger partial charge in [0.2, 0.25) is 11.6 Å². The summed E-state index contributed by atoms with van der Waals surface area (Å²) in [7, 11) is 0. The minimum absolute atomic E-state index is 0.00352. The number of halogens is 1. The lowest BCUT2D eigenvalue weighted by Crippen LogP contribution is -1.97. The average molecular weight is 250 g/mol. The van der Waals surface area contributed by atoms with Crippen molar-refractivity contribution in [3.8, 4) is 11.6 Å². The number of nitrogens with zero attached hydrogens (tertiary/aromatic N) is 3. The fraction of sp³-hybridized carbons (Fsp3) is 0. The van der Waals surface area contributed by atoms with Gasteiger partial charge in [-0.1, -0.05) is 0 Å². The Hall–Kier alpha value is -2.77. The zero-order chi connectivity index (χ0) is 13.1. The van der Waals surface area contributed by atoms with Crippen LogP contribution in [0.15, 0.2) is 30.6 Å². The molecule has 92 valence electrons. The Morgan fingerprint density at radius 2 is 2.11 bits per heavy atom. The first-order chi connectivity index (χ1) is 8.56. The number of nitrogens with two attached hydrogens (primary N) is 1. The van der Waals surface area contributed by atoms with Crippen LogP contribution in [0.25, 0.3) is 0 Å². The molecule has 1 aromatic carbocycles. The Balaban J connectivity index is 2.39. The second-order valence-electron chi connectivity index (χ2n) is 3.25. The molecular weight excluding hydrogens is 243 g/mol. The van der Waals surface area contributed by atoms with E-state index in [0.29, 0.717) is 0 Å². The number of nitro groups is 1. The summed E-state index contributed by atoms with van der Waals surface area (Å²) in [6.45, 7) is 0. The molecule has 7 nitrogen and oxygen atoms in total. The molecule has 0 fully saturated rings. The molecule has 0 aliphatic rings. The van der Waals surface area contributed by atoms with E-state index in [4.69, 9.17) is 10.5 Å². The van der Waals surface area contributed by atoms with Gasteiger partial charge in [0, 0.05) is 18.2 Å². The van der Waals surface area contributed by atoms with Crippen molar-refractivity contribution in [1.82, 2.24) is 9.97 Å². The van der Waals surface area contributed by atoms with E-state index >= 15 is 0 Å². The summed E-state index contributed by atoms with van der Waals surface area (Å²) in [5.74, 6) is -0.772. The van der Waals surface area contributed by atoms with E-state index in [1.165, 1.54) is 6.07 Å². The van der Waals surface area contributed by atoms with Crippen LogP contribution in [0.5, 0.6) is 11.6 Å². The number of benzene rings is 1. The summed E-state index contributed by atoms with van der Waals surface area (Å²) in [6.07, 6.45) is 1.13. The molecule has 2 aromatic rings. The molecular formula is C10H7FN4O3. The van der Waals surface area contributed by atoms with E-state index in [-0.39, 0.29) is 23.1 Å². The summed E-state index contributed by atoms with van der Waals surface area (Å²) in [5.41, 5.74) is 5.03. The highest BCUT2D eigenvalue weighted by Gasteiger charge is 2.17. The molecule has 1 heterocycles. The van der Waals surface area contributed by atoms with Crippen LogP contribution in [-0.2, 0) is 0 Å². The van der Waals surface area contributed by atoms with E-state index in [9.17, 15) is 14.5 Å². The van der Waals surface area contributed by atoms with Crippen LogP contribution in [0.2, 0.25) is 0 Å². The van der Waals surface area contributed by atoms with Crippen molar-refractivity contribution in [3.63, 3.8) is 0 Å². The number of hydrogen-bond donors (Lipinski definition) is 1. The number of rotatable bonds is 3. The van der Waals surface area contributed by atoms with Gasteiger partial charge in [0.1, 0.15) is 18.0 Å². The van der Waals surface area contributed by atoms with Crippen LogP contribution in [-0.4, -0.2) is 14.9 Å². The molecule has 0 saturated carbocycles. The van der Waals surface area contributed by atoms with E-state index < -0.39 is 10.7 Å². The van der Waals surface area contributed by atoms with Crippen LogP contribution in [0.3, 0.4) is 0 Å². The minimum Gasteiger partial charge on any atom is -0.431 e. The smallest absolute Gasteiger partial charge is 0.311 e. The van der Waals surface area contributed by atoms with Crippen molar-refractivity contribution in [3.05, 3.63) is 46.5 Å². The number of aromatic nitrogens is 2. The second-order valence-corrected chi connectivity index (χ2v) is 3.25.